The minimum Gasteiger partial charge on any atom is -0.490 e. The van der Waals surface area contributed by atoms with Gasteiger partial charge in [-0.3, -0.25) is 9.69 Å². The summed E-state index contributed by atoms with van der Waals surface area (Å²) in [5, 5.41) is 2.98. The second-order valence-corrected chi connectivity index (χ2v) is 6.82. The number of likely N-dealkylation sites (N-methyl/N-ethyl adjacent to an activating group) is 1. The minimum atomic E-state index is 0.0243. The Balaban J connectivity index is 1.55. The SMILES string of the molecule is CN(CC(=O)Nc1ccc2c(c1)OCCCO2)C1CCCCCC1. The quantitative estimate of drug-likeness (QED) is 0.858. The Morgan fingerprint density at radius 2 is 1.79 bits per heavy atom. The molecule has 5 heteroatoms. The Morgan fingerprint density at radius 1 is 1.08 bits per heavy atom. The van der Waals surface area contributed by atoms with Gasteiger partial charge in [0.05, 0.1) is 19.8 Å². The molecule has 0 atom stereocenters. The fourth-order valence-electron chi connectivity index (χ4n) is 3.50. The molecule has 24 heavy (non-hydrogen) atoms. The lowest BCUT2D eigenvalue weighted by Crippen LogP contribution is -2.37. The van der Waals surface area contributed by atoms with Crippen molar-refractivity contribution < 1.29 is 14.3 Å². The van der Waals surface area contributed by atoms with Gasteiger partial charge in [-0.25, -0.2) is 0 Å². The maximum atomic E-state index is 12.4. The fraction of sp³-hybridized carbons (Fsp3) is 0.632. The van der Waals surface area contributed by atoms with Crippen LogP contribution in [0.25, 0.3) is 0 Å². The van der Waals surface area contributed by atoms with Crippen molar-refractivity contribution in [2.75, 3.05) is 32.1 Å². The van der Waals surface area contributed by atoms with Crippen molar-refractivity contribution in [3.8, 4) is 11.5 Å². The number of fused-ring (bicyclic) bond motifs is 1. The zero-order valence-corrected chi connectivity index (χ0v) is 14.6. The number of nitrogens with one attached hydrogen (secondary N) is 1. The molecule has 1 aromatic rings. The van der Waals surface area contributed by atoms with E-state index in [0.29, 0.717) is 31.5 Å². The molecular weight excluding hydrogens is 304 g/mol. The van der Waals surface area contributed by atoms with Gasteiger partial charge in [0.25, 0.3) is 0 Å². The number of anilines is 1. The van der Waals surface area contributed by atoms with Gasteiger partial charge in [-0.2, -0.15) is 0 Å². The third-order valence-corrected chi connectivity index (χ3v) is 4.87. The summed E-state index contributed by atoms with van der Waals surface area (Å²) >= 11 is 0. The molecule has 1 fully saturated rings. The van der Waals surface area contributed by atoms with Crippen LogP contribution in [0.15, 0.2) is 18.2 Å². The summed E-state index contributed by atoms with van der Waals surface area (Å²) in [4.78, 5) is 14.6. The van der Waals surface area contributed by atoms with Crippen molar-refractivity contribution in [1.82, 2.24) is 4.90 Å². The average Bonchev–Trinajstić information content (AvgIpc) is 2.97. The highest BCUT2D eigenvalue weighted by Crippen LogP contribution is 2.32. The van der Waals surface area contributed by atoms with E-state index in [9.17, 15) is 4.79 Å². The van der Waals surface area contributed by atoms with Crippen LogP contribution >= 0.6 is 0 Å². The van der Waals surface area contributed by atoms with Crippen LogP contribution in [-0.2, 0) is 4.79 Å². The first kappa shape index (κ1) is 17.1. The first-order valence-corrected chi connectivity index (χ1v) is 9.12. The molecule has 1 aliphatic carbocycles. The number of hydrogen-bond donors (Lipinski definition) is 1. The lowest BCUT2D eigenvalue weighted by atomic mass is 10.1. The van der Waals surface area contributed by atoms with Gasteiger partial charge in [-0.15, -0.1) is 0 Å². The summed E-state index contributed by atoms with van der Waals surface area (Å²) in [5.41, 5.74) is 0.763. The van der Waals surface area contributed by atoms with E-state index in [1.165, 1.54) is 38.5 Å². The molecule has 2 aliphatic rings. The van der Waals surface area contributed by atoms with Crippen LogP contribution in [0.3, 0.4) is 0 Å². The number of amides is 1. The maximum absolute atomic E-state index is 12.4. The third kappa shape index (κ3) is 4.63. The first-order valence-electron chi connectivity index (χ1n) is 9.12. The molecule has 0 unspecified atom stereocenters. The van der Waals surface area contributed by atoms with E-state index < -0.39 is 0 Å². The van der Waals surface area contributed by atoms with Crippen molar-refractivity contribution in [2.45, 2.75) is 51.0 Å². The summed E-state index contributed by atoms with van der Waals surface area (Å²) in [5.74, 6) is 1.49. The van der Waals surface area contributed by atoms with Gasteiger partial charge in [0.1, 0.15) is 0 Å². The number of ether oxygens (including phenoxy) is 2. The average molecular weight is 332 g/mol. The molecule has 1 aromatic carbocycles. The molecule has 132 valence electrons. The molecule has 3 rings (SSSR count). The Morgan fingerprint density at radius 3 is 2.54 bits per heavy atom. The fourth-order valence-corrected chi connectivity index (χ4v) is 3.50. The summed E-state index contributed by atoms with van der Waals surface area (Å²) < 4.78 is 11.3. The van der Waals surface area contributed by atoms with Crippen molar-refractivity contribution in [1.29, 1.82) is 0 Å². The predicted molar refractivity (Wildman–Crippen MR) is 94.8 cm³/mol. The van der Waals surface area contributed by atoms with Gasteiger partial charge >= 0.3 is 0 Å². The smallest absolute Gasteiger partial charge is 0.238 e. The molecule has 0 aromatic heterocycles. The van der Waals surface area contributed by atoms with E-state index in [0.717, 1.165) is 17.9 Å². The minimum absolute atomic E-state index is 0.0243. The molecule has 0 saturated heterocycles. The van der Waals surface area contributed by atoms with Crippen LogP contribution in [0.4, 0.5) is 5.69 Å². The highest BCUT2D eigenvalue weighted by atomic mass is 16.5. The number of hydrogen-bond acceptors (Lipinski definition) is 4. The Kier molecular flexibility index (Phi) is 5.96. The zero-order valence-electron chi connectivity index (χ0n) is 14.6. The van der Waals surface area contributed by atoms with Gasteiger partial charge in [-0.1, -0.05) is 25.7 Å². The van der Waals surface area contributed by atoms with Crippen LogP contribution < -0.4 is 14.8 Å². The van der Waals surface area contributed by atoms with Crippen molar-refractivity contribution in [2.24, 2.45) is 0 Å². The van der Waals surface area contributed by atoms with E-state index in [4.69, 9.17) is 9.47 Å². The second-order valence-electron chi connectivity index (χ2n) is 6.82. The van der Waals surface area contributed by atoms with Gasteiger partial charge in [0.15, 0.2) is 11.5 Å². The highest BCUT2D eigenvalue weighted by Gasteiger charge is 2.19. The van der Waals surface area contributed by atoms with E-state index in [1.807, 2.05) is 18.2 Å². The van der Waals surface area contributed by atoms with Crippen molar-refractivity contribution in [3.63, 3.8) is 0 Å². The topological polar surface area (TPSA) is 50.8 Å². The lowest BCUT2D eigenvalue weighted by molar-refractivity contribution is -0.117. The van der Waals surface area contributed by atoms with Crippen LogP contribution in [0, 0.1) is 0 Å². The largest absolute Gasteiger partial charge is 0.490 e. The van der Waals surface area contributed by atoms with Crippen LogP contribution in [0.1, 0.15) is 44.9 Å². The van der Waals surface area contributed by atoms with Gasteiger partial charge in [-0.05, 0) is 32.0 Å². The first-order chi connectivity index (χ1) is 11.7. The number of carbonyl (C=O) groups is 1. The number of carbonyl (C=O) groups excluding carboxylic acids is 1. The van der Waals surface area contributed by atoms with Gasteiger partial charge in [0.2, 0.25) is 5.91 Å². The highest BCUT2D eigenvalue weighted by molar-refractivity contribution is 5.92. The van der Waals surface area contributed by atoms with Gasteiger partial charge < -0.3 is 14.8 Å². The Labute approximate surface area is 144 Å². The van der Waals surface area contributed by atoms with E-state index >= 15 is 0 Å². The van der Waals surface area contributed by atoms with Crippen molar-refractivity contribution in [3.05, 3.63) is 18.2 Å². The Hall–Kier alpha value is -1.75. The third-order valence-electron chi connectivity index (χ3n) is 4.87. The summed E-state index contributed by atoms with van der Waals surface area (Å²) in [6.45, 7) is 1.75. The molecule has 5 nitrogen and oxygen atoms in total. The van der Waals surface area contributed by atoms with E-state index in [1.54, 1.807) is 0 Å². The Bertz CT molecular complexity index is 554. The zero-order chi connectivity index (χ0) is 16.8. The molecular formula is C19H28N2O3. The number of nitrogens with zero attached hydrogens (tertiary/aromatic N) is 1. The molecule has 1 saturated carbocycles. The predicted octanol–water partition coefficient (Wildman–Crippen LogP) is 3.44. The van der Waals surface area contributed by atoms with Crippen LogP contribution in [-0.4, -0.2) is 43.7 Å². The van der Waals surface area contributed by atoms with E-state index in [-0.39, 0.29) is 5.91 Å². The van der Waals surface area contributed by atoms with Crippen LogP contribution in [0.5, 0.6) is 11.5 Å². The monoisotopic (exact) mass is 332 g/mol. The summed E-state index contributed by atoms with van der Waals surface area (Å²) in [7, 11) is 2.06. The molecule has 1 N–H and O–H groups in total. The normalized spacial score (nSPS) is 18.8. The van der Waals surface area contributed by atoms with E-state index in [2.05, 4.69) is 17.3 Å². The lowest BCUT2D eigenvalue weighted by Gasteiger charge is -2.26. The summed E-state index contributed by atoms with van der Waals surface area (Å²) in [6.07, 6.45) is 8.49. The molecule has 0 bridgehead atoms. The molecule has 1 heterocycles. The number of benzene rings is 1. The molecule has 0 radical (unpaired) electrons. The van der Waals surface area contributed by atoms with Crippen molar-refractivity contribution >= 4 is 11.6 Å². The molecule has 1 amide bonds. The maximum Gasteiger partial charge on any atom is 0.238 e. The standard InChI is InChI=1S/C19H28N2O3/c1-21(16-7-4-2-3-5-8-16)14-19(22)20-15-9-10-17-18(13-15)24-12-6-11-23-17/h9-10,13,16H,2-8,11-12,14H2,1H3,(H,20,22). The molecule has 1 aliphatic heterocycles. The van der Waals surface area contributed by atoms with Crippen LogP contribution in [0.2, 0.25) is 0 Å². The molecule has 0 spiro atoms. The summed E-state index contributed by atoms with van der Waals surface area (Å²) in [6, 6.07) is 6.12. The number of rotatable bonds is 4. The second kappa shape index (κ2) is 8.38. The van der Waals surface area contributed by atoms with Gasteiger partial charge in [0, 0.05) is 24.2 Å².